The number of thiocarbonyl (C=S) groups is 1. The summed E-state index contributed by atoms with van der Waals surface area (Å²) >= 11 is 7.21. The van der Waals surface area contributed by atoms with Crippen molar-refractivity contribution in [1.29, 1.82) is 0 Å². The monoisotopic (exact) mass is 431 g/mol. The van der Waals surface area contributed by atoms with E-state index in [0.29, 0.717) is 23.2 Å². The van der Waals surface area contributed by atoms with E-state index in [0.717, 1.165) is 15.7 Å². The van der Waals surface area contributed by atoms with E-state index in [1.54, 1.807) is 6.21 Å². The van der Waals surface area contributed by atoms with E-state index in [1.165, 1.54) is 0 Å². The Morgan fingerprint density at radius 2 is 2.23 bits per heavy atom. The SMILES string of the molecule is C#CCOc1c(I)cc(/C=N\NC(=S)NCC)cc1OCC. The van der Waals surface area contributed by atoms with Crippen molar-refractivity contribution in [1.82, 2.24) is 10.7 Å². The van der Waals surface area contributed by atoms with Crippen LogP contribution in [0, 0.1) is 15.9 Å². The minimum absolute atomic E-state index is 0.196. The highest BCUT2D eigenvalue weighted by Crippen LogP contribution is 2.33. The first-order chi connectivity index (χ1) is 10.6. The van der Waals surface area contributed by atoms with Crippen molar-refractivity contribution < 1.29 is 9.47 Å². The third kappa shape index (κ3) is 6.07. The summed E-state index contributed by atoms with van der Waals surface area (Å²) < 4.78 is 12.0. The molecule has 0 radical (unpaired) electrons. The molecule has 118 valence electrons. The molecule has 2 N–H and O–H groups in total. The van der Waals surface area contributed by atoms with Crippen LogP contribution >= 0.6 is 34.8 Å². The molecular weight excluding hydrogens is 413 g/mol. The Labute approximate surface area is 150 Å². The predicted octanol–water partition coefficient (Wildman–Crippen LogP) is 2.52. The van der Waals surface area contributed by atoms with Crippen LogP contribution in [0.2, 0.25) is 0 Å². The number of terminal acetylenes is 1. The molecule has 0 aliphatic carbocycles. The molecule has 0 fully saturated rings. The zero-order valence-corrected chi connectivity index (χ0v) is 15.5. The summed E-state index contributed by atoms with van der Waals surface area (Å²) in [5.41, 5.74) is 3.61. The fraction of sp³-hybridized carbons (Fsp3) is 0.333. The standard InChI is InChI=1S/C15H18IN3O2S/c1-4-7-21-14-12(16)8-11(9-13(14)20-6-3)10-18-19-15(22)17-5-2/h1,8-10H,5-7H2,2-3H3,(H2,17,19,22)/b18-10-. The first-order valence-corrected chi connectivity index (χ1v) is 8.20. The minimum atomic E-state index is 0.196. The first-order valence-electron chi connectivity index (χ1n) is 6.71. The van der Waals surface area contributed by atoms with Gasteiger partial charge < -0.3 is 14.8 Å². The van der Waals surface area contributed by atoms with Gasteiger partial charge >= 0.3 is 0 Å². The van der Waals surface area contributed by atoms with Gasteiger partial charge in [0.25, 0.3) is 0 Å². The summed E-state index contributed by atoms with van der Waals surface area (Å²) in [5.74, 6) is 3.73. The quantitative estimate of drug-likeness (QED) is 0.229. The van der Waals surface area contributed by atoms with Gasteiger partial charge in [-0.3, -0.25) is 5.43 Å². The van der Waals surface area contributed by atoms with Gasteiger partial charge in [0.05, 0.1) is 16.4 Å². The molecule has 1 aromatic carbocycles. The van der Waals surface area contributed by atoms with Crippen molar-refractivity contribution in [2.45, 2.75) is 13.8 Å². The van der Waals surface area contributed by atoms with Crippen LogP contribution in [0.3, 0.4) is 0 Å². The van der Waals surface area contributed by atoms with E-state index < -0.39 is 0 Å². The highest BCUT2D eigenvalue weighted by Gasteiger charge is 2.11. The molecule has 0 aliphatic rings. The largest absolute Gasteiger partial charge is 0.490 e. The third-order valence-corrected chi connectivity index (χ3v) is 3.39. The van der Waals surface area contributed by atoms with Crippen molar-refractivity contribution in [3.8, 4) is 23.8 Å². The molecule has 0 bridgehead atoms. The van der Waals surface area contributed by atoms with Crippen LogP contribution in [0.1, 0.15) is 19.4 Å². The molecule has 0 saturated heterocycles. The number of ether oxygens (including phenoxy) is 2. The molecule has 22 heavy (non-hydrogen) atoms. The number of halogens is 1. The van der Waals surface area contributed by atoms with E-state index in [4.69, 9.17) is 28.1 Å². The second-order valence-electron chi connectivity index (χ2n) is 3.99. The summed E-state index contributed by atoms with van der Waals surface area (Å²) in [7, 11) is 0. The molecule has 1 rings (SSSR count). The molecule has 0 saturated carbocycles. The molecular formula is C15H18IN3O2S. The molecule has 0 heterocycles. The summed E-state index contributed by atoms with van der Waals surface area (Å²) in [6.07, 6.45) is 6.90. The van der Waals surface area contributed by atoms with Crippen molar-refractivity contribution in [3.05, 3.63) is 21.3 Å². The van der Waals surface area contributed by atoms with Crippen molar-refractivity contribution in [2.75, 3.05) is 19.8 Å². The van der Waals surface area contributed by atoms with Crippen molar-refractivity contribution in [3.63, 3.8) is 0 Å². The lowest BCUT2D eigenvalue weighted by atomic mass is 10.2. The highest BCUT2D eigenvalue weighted by atomic mass is 127. The molecule has 0 amide bonds. The molecule has 0 atom stereocenters. The molecule has 0 aromatic heterocycles. The topological polar surface area (TPSA) is 54.9 Å². The number of benzene rings is 1. The molecule has 7 heteroatoms. The van der Waals surface area contributed by atoms with Gasteiger partial charge in [-0.05, 0) is 66.4 Å². The van der Waals surface area contributed by atoms with E-state index in [2.05, 4.69) is 44.4 Å². The zero-order valence-electron chi connectivity index (χ0n) is 12.5. The Morgan fingerprint density at radius 1 is 1.45 bits per heavy atom. The van der Waals surface area contributed by atoms with Gasteiger partial charge in [0.2, 0.25) is 0 Å². The summed E-state index contributed by atoms with van der Waals surface area (Å²) in [5, 5.41) is 7.51. The molecule has 0 unspecified atom stereocenters. The minimum Gasteiger partial charge on any atom is -0.490 e. The number of rotatable bonds is 7. The average Bonchev–Trinajstić information content (AvgIpc) is 2.47. The fourth-order valence-electron chi connectivity index (χ4n) is 1.54. The van der Waals surface area contributed by atoms with E-state index in [9.17, 15) is 0 Å². The van der Waals surface area contributed by atoms with Gasteiger partial charge in [0.1, 0.15) is 6.61 Å². The lowest BCUT2D eigenvalue weighted by Gasteiger charge is -2.13. The number of hydrogen-bond donors (Lipinski definition) is 2. The second-order valence-corrected chi connectivity index (χ2v) is 5.56. The summed E-state index contributed by atoms with van der Waals surface area (Å²) in [4.78, 5) is 0. The van der Waals surface area contributed by atoms with Gasteiger partial charge in [-0.25, -0.2) is 0 Å². The second kappa shape index (κ2) is 10.2. The Morgan fingerprint density at radius 3 is 2.86 bits per heavy atom. The van der Waals surface area contributed by atoms with Gasteiger partial charge in [-0.15, -0.1) is 6.42 Å². The summed E-state index contributed by atoms with van der Waals surface area (Å²) in [6.45, 7) is 5.35. The van der Waals surface area contributed by atoms with Gasteiger partial charge in [0.15, 0.2) is 16.6 Å². The maximum absolute atomic E-state index is 5.60. The number of hydrazone groups is 1. The maximum atomic E-state index is 5.60. The highest BCUT2D eigenvalue weighted by molar-refractivity contribution is 14.1. The molecule has 0 spiro atoms. The van der Waals surface area contributed by atoms with Crippen molar-refractivity contribution >= 4 is 46.1 Å². The Kier molecular flexibility index (Phi) is 8.62. The van der Waals surface area contributed by atoms with E-state index in [-0.39, 0.29) is 6.61 Å². The molecule has 5 nitrogen and oxygen atoms in total. The van der Waals surface area contributed by atoms with Gasteiger partial charge in [-0.1, -0.05) is 5.92 Å². The van der Waals surface area contributed by atoms with Crippen LogP contribution in [0.25, 0.3) is 0 Å². The maximum Gasteiger partial charge on any atom is 0.186 e. The Balaban J connectivity index is 2.91. The summed E-state index contributed by atoms with van der Waals surface area (Å²) in [6, 6.07) is 3.77. The molecule has 0 aliphatic heterocycles. The zero-order chi connectivity index (χ0) is 16.4. The molecule has 1 aromatic rings. The predicted molar refractivity (Wildman–Crippen MR) is 102 cm³/mol. The Hall–Kier alpha value is -1.53. The number of nitrogens with zero attached hydrogens (tertiary/aromatic N) is 1. The van der Waals surface area contributed by atoms with E-state index in [1.807, 2.05) is 26.0 Å². The fourth-order valence-corrected chi connectivity index (χ4v) is 2.52. The first kappa shape index (κ1) is 18.5. The van der Waals surface area contributed by atoms with Gasteiger partial charge in [-0.2, -0.15) is 5.10 Å². The van der Waals surface area contributed by atoms with E-state index >= 15 is 0 Å². The Bertz CT molecular complexity index is 585. The lowest BCUT2D eigenvalue weighted by molar-refractivity contribution is 0.298. The number of nitrogens with one attached hydrogen (secondary N) is 2. The normalized spacial score (nSPS) is 10.1. The third-order valence-electron chi connectivity index (χ3n) is 2.35. The number of hydrogen-bond acceptors (Lipinski definition) is 4. The van der Waals surface area contributed by atoms with Crippen LogP contribution in [0.5, 0.6) is 11.5 Å². The van der Waals surface area contributed by atoms with Crippen LogP contribution in [0.15, 0.2) is 17.2 Å². The smallest absolute Gasteiger partial charge is 0.186 e. The van der Waals surface area contributed by atoms with Crippen LogP contribution in [-0.4, -0.2) is 31.1 Å². The lowest BCUT2D eigenvalue weighted by Crippen LogP contribution is -2.31. The van der Waals surface area contributed by atoms with Crippen LogP contribution in [-0.2, 0) is 0 Å². The van der Waals surface area contributed by atoms with Crippen molar-refractivity contribution in [2.24, 2.45) is 5.10 Å². The van der Waals surface area contributed by atoms with Crippen LogP contribution in [0.4, 0.5) is 0 Å². The average molecular weight is 431 g/mol. The van der Waals surface area contributed by atoms with Gasteiger partial charge in [0, 0.05) is 6.54 Å². The van der Waals surface area contributed by atoms with Crippen LogP contribution < -0.4 is 20.2 Å².